The normalized spacial score (nSPS) is 19.1. The number of aromatic nitrogens is 3. The molecule has 2 aromatic heterocycles. The molecule has 3 heterocycles. The number of alkyl halides is 3. The molecular formula is C24H24ClF3N6O. The predicted octanol–water partition coefficient (Wildman–Crippen LogP) is 4.87. The van der Waals surface area contributed by atoms with Crippen LogP contribution in [0.4, 0.5) is 24.8 Å². The molecular weight excluding hydrogens is 481 g/mol. The molecule has 0 bridgehead atoms. The second kappa shape index (κ2) is 9.33. The van der Waals surface area contributed by atoms with Crippen molar-refractivity contribution in [2.45, 2.75) is 39.0 Å². The van der Waals surface area contributed by atoms with Gasteiger partial charge in [-0.2, -0.15) is 13.2 Å². The van der Waals surface area contributed by atoms with Crippen molar-refractivity contribution in [3.8, 4) is 11.3 Å². The van der Waals surface area contributed by atoms with Crippen LogP contribution in [0.15, 0.2) is 36.8 Å². The zero-order chi connectivity index (χ0) is 25.5. The third-order valence-corrected chi connectivity index (χ3v) is 6.36. The van der Waals surface area contributed by atoms with Gasteiger partial charge in [-0.15, -0.1) is 0 Å². The van der Waals surface area contributed by atoms with E-state index in [1.54, 1.807) is 12.3 Å². The molecule has 3 aromatic rings. The summed E-state index contributed by atoms with van der Waals surface area (Å²) >= 11 is 6.56. The highest BCUT2D eigenvalue weighted by Crippen LogP contribution is 2.42. The first-order valence-corrected chi connectivity index (χ1v) is 11.3. The lowest BCUT2D eigenvalue weighted by Crippen LogP contribution is -2.55. The van der Waals surface area contributed by atoms with Gasteiger partial charge >= 0.3 is 6.18 Å². The maximum atomic E-state index is 13.9. The minimum Gasteiger partial charge on any atom is -0.384 e. The maximum Gasteiger partial charge on any atom is 0.418 e. The van der Waals surface area contributed by atoms with E-state index in [0.29, 0.717) is 29.8 Å². The Hall–Kier alpha value is -3.40. The van der Waals surface area contributed by atoms with Crippen LogP contribution in [0.2, 0.25) is 5.02 Å². The van der Waals surface area contributed by atoms with Gasteiger partial charge in [0.1, 0.15) is 24.2 Å². The molecule has 11 heteroatoms. The molecule has 1 aliphatic rings. The molecule has 0 aliphatic carbocycles. The lowest BCUT2D eigenvalue weighted by Gasteiger charge is -2.45. The average molecular weight is 505 g/mol. The fraction of sp³-hybridized carbons (Fsp3) is 0.333. The average Bonchev–Trinajstić information content (AvgIpc) is 2.75. The monoisotopic (exact) mass is 504 g/mol. The third kappa shape index (κ3) is 4.75. The summed E-state index contributed by atoms with van der Waals surface area (Å²) in [7, 11) is 0. The van der Waals surface area contributed by atoms with E-state index in [1.165, 1.54) is 31.5 Å². The highest BCUT2D eigenvalue weighted by atomic mass is 35.5. The predicted molar refractivity (Wildman–Crippen MR) is 130 cm³/mol. The number of rotatable bonds is 4. The number of anilines is 2. The molecule has 0 radical (unpaired) electrons. The number of nitrogens with zero attached hydrogens (tertiary/aromatic N) is 5. The lowest BCUT2D eigenvalue weighted by atomic mass is 9.99. The van der Waals surface area contributed by atoms with Crippen LogP contribution in [0.1, 0.15) is 25.0 Å². The van der Waals surface area contributed by atoms with Crippen molar-refractivity contribution in [3.63, 3.8) is 0 Å². The molecule has 35 heavy (non-hydrogen) atoms. The molecule has 0 saturated carbocycles. The molecule has 1 fully saturated rings. The fourth-order valence-corrected chi connectivity index (χ4v) is 5.01. The molecule has 1 aliphatic heterocycles. The van der Waals surface area contributed by atoms with E-state index in [0.717, 1.165) is 6.29 Å². The van der Waals surface area contributed by atoms with Gasteiger partial charge in [0.2, 0.25) is 0 Å². The summed E-state index contributed by atoms with van der Waals surface area (Å²) in [4.78, 5) is 27.7. The van der Waals surface area contributed by atoms with Crippen LogP contribution < -0.4 is 10.6 Å². The molecule has 1 aromatic carbocycles. The van der Waals surface area contributed by atoms with Gasteiger partial charge in [0.25, 0.3) is 0 Å². The Balaban J connectivity index is 1.83. The summed E-state index contributed by atoms with van der Waals surface area (Å²) < 4.78 is 41.7. The number of fused-ring (bicyclic) bond motifs is 1. The number of hydrogen-bond donors (Lipinski definition) is 1. The van der Waals surface area contributed by atoms with Gasteiger partial charge in [-0.05, 0) is 50.6 Å². The number of allylic oxidation sites excluding steroid dienone is 1. The van der Waals surface area contributed by atoms with Crippen LogP contribution in [0.3, 0.4) is 0 Å². The second-order valence-corrected chi connectivity index (χ2v) is 9.08. The van der Waals surface area contributed by atoms with E-state index in [2.05, 4.69) is 24.8 Å². The van der Waals surface area contributed by atoms with E-state index in [9.17, 15) is 18.0 Å². The molecule has 7 nitrogen and oxygen atoms in total. The minimum absolute atomic E-state index is 0.0293. The molecule has 0 amide bonds. The Morgan fingerprint density at radius 3 is 2.46 bits per heavy atom. The van der Waals surface area contributed by atoms with E-state index < -0.39 is 11.7 Å². The number of piperazine rings is 1. The molecule has 1 saturated heterocycles. The number of halogens is 4. The van der Waals surface area contributed by atoms with Crippen molar-refractivity contribution in [1.82, 2.24) is 19.9 Å². The fourth-order valence-electron chi connectivity index (χ4n) is 4.76. The summed E-state index contributed by atoms with van der Waals surface area (Å²) in [6.45, 7) is 6.74. The van der Waals surface area contributed by atoms with E-state index >= 15 is 0 Å². The summed E-state index contributed by atoms with van der Waals surface area (Å²) in [5.41, 5.74) is 5.06. The first kappa shape index (κ1) is 24.7. The lowest BCUT2D eigenvalue weighted by molar-refractivity contribution is -0.137. The summed E-state index contributed by atoms with van der Waals surface area (Å²) in [6, 6.07) is 4.33. The van der Waals surface area contributed by atoms with Crippen molar-refractivity contribution in [1.29, 1.82) is 0 Å². The number of hydrogen-bond acceptors (Lipinski definition) is 7. The van der Waals surface area contributed by atoms with Crippen molar-refractivity contribution in [2.75, 3.05) is 23.7 Å². The highest BCUT2D eigenvalue weighted by Gasteiger charge is 2.37. The molecule has 184 valence electrons. The van der Waals surface area contributed by atoms with Crippen LogP contribution in [-0.2, 0) is 11.0 Å². The third-order valence-electron chi connectivity index (χ3n) is 6.05. The van der Waals surface area contributed by atoms with Crippen LogP contribution in [0.5, 0.6) is 0 Å². The Morgan fingerprint density at radius 2 is 1.83 bits per heavy atom. The van der Waals surface area contributed by atoms with E-state index in [4.69, 9.17) is 17.3 Å². The van der Waals surface area contributed by atoms with Crippen LogP contribution >= 0.6 is 11.6 Å². The summed E-state index contributed by atoms with van der Waals surface area (Å²) in [6.07, 6.45) is 0.698. The first-order chi connectivity index (χ1) is 16.5. The SMILES string of the molecule is Cc1cc(N)nc(-c2cc3ncnc(N4[C@@H](C)CN(C=CC=O)C[C@@H]4C)c3cc2Cl)c1C(F)(F)F. The van der Waals surface area contributed by atoms with Gasteiger partial charge in [-0.1, -0.05) is 11.6 Å². The number of benzene rings is 1. The number of aldehydes is 1. The van der Waals surface area contributed by atoms with Crippen LogP contribution in [0, 0.1) is 6.92 Å². The molecule has 0 unspecified atom stereocenters. The topological polar surface area (TPSA) is 88.2 Å². The number of carbonyl (C=O) groups excluding carboxylic acids is 1. The van der Waals surface area contributed by atoms with Crippen molar-refractivity contribution < 1.29 is 18.0 Å². The van der Waals surface area contributed by atoms with E-state index in [-0.39, 0.29) is 39.7 Å². The first-order valence-electron chi connectivity index (χ1n) is 10.9. The Labute approximate surface area is 205 Å². The number of carbonyl (C=O) groups is 1. The smallest absolute Gasteiger partial charge is 0.384 e. The minimum atomic E-state index is -4.64. The number of pyridine rings is 1. The quantitative estimate of drug-likeness (QED) is 0.400. The highest BCUT2D eigenvalue weighted by molar-refractivity contribution is 6.34. The Bertz CT molecular complexity index is 1300. The number of nitrogen functional groups attached to an aromatic ring is 1. The number of aryl methyl sites for hydroxylation is 1. The van der Waals surface area contributed by atoms with Gasteiger partial charge < -0.3 is 15.5 Å². The van der Waals surface area contributed by atoms with Gasteiger partial charge in [0, 0.05) is 42.3 Å². The van der Waals surface area contributed by atoms with Crippen molar-refractivity contribution in [2.24, 2.45) is 0 Å². The molecule has 0 spiro atoms. The second-order valence-electron chi connectivity index (χ2n) is 8.67. The van der Waals surface area contributed by atoms with Gasteiger partial charge in [0.05, 0.1) is 21.8 Å². The zero-order valence-electron chi connectivity index (χ0n) is 19.3. The molecule has 2 atom stereocenters. The molecule has 4 rings (SSSR count). The standard InChI is InChI=1S/C24H24ClF3N6O/c1-13-7-20(29)32-22(21(13)24(26,27)28)16-9-19-17(8-18(16)25)23(31-12-30-19)34-14(2)10-33(5-4-6-35)11-15(34)3/h4-9,12,14-15H,10-11H2,1-3H3,(H2,29,32)/t14-,15-/m0/s1. The van der Waals surface area contributed by atoms with Crippen molar-refractivity contribution in [3.05, 3.63) is 53.0 Å². The summed E-state index contributed by atoms with van der Waals surface area (Å²) in [5, 5.41) is 0.704. The largest absolute Gasteiger partial charge is 0.418 e. The van der Waals surface area contributed by atoms with Crippen LogP contribution in [0.25, 0.3) is 22.2 Å². The van der Waals surface area contributed by atoms with Gasteiger partial charge in [0.15, 0.2) is 0 Å². The zero-order valence-corrected chi connectivity index (χ0v) is 20.1. The van der Waals surface area contributed by atoms with E-state index in [1.807, 2.05) is 13.8 Å². The summed E-state index contributed by atoms with van der Waals surface area (Å²) in [5.74, 6) is 0.601. The van der Waals surface area contributed by atoms with Gasteiger partial charge in [-0.3, -0.25) is 4.79 Å². The van der Waals surface area contributed by atoms with Gasteiger partial charge in [-0.25, -0.2) is 15.0 Å². The van der Waals surface area contributed by atoms with Crippen LogP contribution in [-0.4, -0.2) is 51.3 Å². The Kier molecular flexibility index (Phi) is 6.59. The molecule has 2 N–H and O–H groups in total. The number of nitrogens with two attached hydrogens (primary N) is 1. The van der Waals surface area contributed by atoms with Crippen molar-refractivity contribution >= 4 is 40.4 Å². The maximum absolute atomic E-state index is 13.9. The Morgan fingerprint density at radius 1 is 1.14 bits per heavy atom.